The lowest BCUT2D eigenvalue weighted by molar-refractivity contribution is -0.143. The number of carboxylic acid groups (broad SMARTS) is 1. The van der Waals surface area contributed by atoms with Gasteiger partial charge in [-0.25, -0.2) is 9.59 Å². The maximum Gasteiger partial charge on any atom is 0.333 e. The zero-order chi connectivity index (χ0) is 15.8. The molecule has 0 radical (unpaired) electrons. The lowest BCUT2D eigenvalue weighted by Crippen LogP contribution is -2.43. The number of aliphatic carboxylic acids is 1. The summed E-state index contributed by atoms with van der Waals surface area (Å²) in [6.45, 7) is 1.43. The molecule has 3 N–H and O–H groups in total. The van der Waals surface area contributed by atoms with Crippen molar-refractivity contribution in [3.63, 3.8) is 0 Å². The predicted octanol–water partition coefficient (Wildman–Crippen LogP) is 0.921. The molecule has 2 amide bonds. The number of urea groups is 1. The highest BCUT2D eigenvalue weighted by Gasteiger charge is 2.23. The lowest BCUT2D eigenvalue weighted by atomic mass is 10.1. The van der Waals surface area contributed by atoms with Crippen molar-refractivity contribution in [1.29, 1.82) is 0 Å². The third-order valence-corrected chi connectivity index (χ3v) is 2.84. The van der Waals surface area contributed by atoms with Crippen LogP contribution in [0.25, 0.3) is 0 Å². The van der Waals surface area contributed by atoms with Crippen LogP contribution in [0.1, 0.15) is 18.5 Å². The van der Waals surface area contributed by atoms with Gasteiger partial charge in [0.15, 0.2) is 6.04 Å². The highest BCUT2D eigenvalue weighted by Crippen LogP contribution is 2.13. The van der Waals surface area contributed by atoms with Gasteiger partial charge in [-0.05, 0) is 5.56 Å². The molecular weight excluding hydrogens is 276 g/mol. The van der Waals surface area contributed by atoms with Gasteiger partial charge < -0.3 is 20.5 Å². The molecule has 0 saturated carbocycles. The Balaban J connectivity index is 2.68. The minimum absolute atomic E-state index is 0.0378. The fourth-order valence-electron chi connectivity index (χ4n) is 1.56. The van der Waals surface area contributed by atoms with Gasteiger partial charge in [-0.3, -0.25) is 4.79 Å². The maximum absolute atomic E-state index is 11.8. The van der Waals surface area contributed by atoms with Crippen molar-refractivity contribution in [3.05, 3.63) is 35.9 Å². The second-order valence-electron chi connectivity index (χ2n) is 4.46. The minimum atomic E-state index is -1.01. The summed E-state index contributed by atoms with van der Waals surface area (Å²) >= 11 is 0. The first-order chi connectivity index (χ1) is 9.95. The Morgan fingerprint density at radius 3 is 2.38 bits per heavy atom. The first-order valence-electron chi connectivity index (χ1n) is 6.35. The second kappa shape index (κ2) is 7.88. The zero-order valence-electron chi connectivity index (χ0n) is 11.8. The maximum atomic E-state index is 11.8. The number of hydrogen-bond donors (Lipinski definition) is 3. The molecule has 1 rings (SSSR count). The molecule has 0 spiro atoms. The van der Waals surface area contributed by atoms with Crippen molar-refractivity contribution in [3.8, 4) is 0 Å². The van der Waals surface area contributed by atoms with Crippen LogP contribution in [0.2, 0.25) is 0 Å². The van der Waals surface area contributed by atoms with Crippen molar-refractivity contribution in [2.24, 2.45) is 5.92 Å². The van der Waals surface area contributed by atoms with Crippen molar-refractivity contribution >= 4 is 18.0 Å². The van der Waals surface area contributed by atoms with E-state index in [2.05, 4.69) is 15.4 Å². The molecule has 7 nitrogen and oxygen atoms in total. The number of benzene rings is 1. The molecule has 0 aliphatic heterocycles. The number of rotatable bonds is 6. The topological polar surface area (TPSA) is 105 Å². The Morgan fingerprint density at radius 1 is 1.24 bits per heavy atom. The SMILES string of the molecule is COC(=O)C(NC(=O)NCC(C)C(=O)O)c1ccccc1. The molecular formula is C14H18N2O5. The molecule has 0 aliphatic rings. The highest BCUT2D eigenvalue weighted by atomic mass is 16.5. The van der Waals surface area contributed by atoms with Crippen LogP contribution in [0, 0.1) is 5.92 Å². The number of carbonyl (C=O) groups excluding carboxylic acids is 2. The van der Waals surface area contributed by atoms with Gasteiger partial charge in [-0.2, -0.15) is 0 Å². The molecule has 1 aromatic rings. The third kappa shape index (κ3) is 5.13. The molecule has 21 heavy (non-hydrogen) atoms. The van der Waals surface area contributed by atoms with Crippen LogP contribution in [0.4, 0.5) is 4.79 Å². The van der Waals surface area contributed by atoms with E-state index in [1.807, 2.05) is 0 Å². The van der Waals surface area contributed by atoms with Crippen molar-refractivity contribution in [2.75, 3.05) is 13.7 Å². The van der Waals surface area contributed by atoms with Crippen LogP contribution >= 0.6 is 0 Å². The number of esters is 1. The molecule has 2 atom stereocenters. The quantitative estimate of drug-likeness (QED) is 0.677. The van der Waals surface area contributed by atoms with E-state index in [0.29, 0.717) is 5.56 Å². The van der Waals surface area contributed by atoms with Gasteiger partial charge in [0.2, 0.25) is 0 Å². The Kier molecular flexibility index (Phi) is 6.19. The molecule has 114 valence electrons. The predicted molar refractivity (Wildman–Crippen MR) is 74.5 cm³/mol. The largest absolute Gasteiger partial charge is 0.481 e. The smallest absolute Gasteiger partial charge is 0.333 e. The average molecular weight is 294 g/mol. The fraction of sp³-hybridized carbons (Fsp3) is 0.357. The van der Waals surface area contributed by atoms with Crippen LogP contribution in [-0.4, -0.2) is 36.7 Å². The summed E-state index contributed by atoms with van der Waals surface area (Å²) in [5.41, 5.74) is 0.575. The number of amides is 2. The van der Waals surface area contributed by atoms with Crippen LogP contribution in [0.3, 0.4) is 0 Å². The summed E-state index contributed by atoms with van der Waals surface area (Å²) in [6, 6.07) is 7.03. The summed E-state index contributed by atoms with van der Waals surface area (Å²) in [5.74, 6) is -2.34. The number of methoxy groups -OCH3 is 1. The van der Waals surface area contributed by atoms with E-state index in [9.17, 15) is 14.4 Å². The summed E-state index contributed by atoms with van der Waals surface area (Å²) in [7, 11) is 1.23. The van der Waals surface area contributed by atoms with E-state index in [-0.39, 0.29) is 6.54 Å². The van der Waals surface area contributed by atoms with E-state index >= 15 is 0 Å². The normalized spacial score (nSPS) is 12.9. The van der Waals surface area contributed by atoms with Crippen molar-refractivity contribution in [2.45, 2.75) is 13.0 Å². The second-order valence-corrected chi connectivity index (χ2v) is 4.46. The lowest BCUT2D eigenvalue weighted by Gasteiger charge is -2.17. The van der Waals surface area contributed by atoms with Crippen LogP contribution in [0.15, 0.2) is 30.3 Å². The molecule has 0 bridgehead atoms. The number of nitrogens with one attached hydrogen (secondary N) is 2. The van der Waals surface area contributed by atoms with Crippen LogP contribution in [-0.2, 0) is 14.3 Å². The van der Waals surface area contributed by atoms with E-state index in [1.165, 1.54) is 14.0 Å². The monoisotopic (exact) mass is 294 g/mol. The van der Waals surface area contributed by atoms with Gasteiger partial charge in [0.1, 0.15) is 0 Å². The first-order valence-corrected chi connectivity index (χ1v) is 6.35. The number of carbonyl (C=O) groups is 3. The van der Waals surface area contributed by atoms with Crippen molar-refractivity contribution < 1.29 is 24.2 Å². The van der Waals surface area contributed by atoms with E-state index in [4.69, 9.17) is 5.11 Å². The van der Waals surface area contributed by atoms with E-state index in [1.54, 1.807) is 30.3 Å². The summed E-state index contributed by atoms with van der Waals surface area (Å²) in [5, 5.41) is 13.6. The summed E-state index contributed by atoms with van der Waals surface area (Å²) < 4.78 is 4.66. The minimum Gasteiger partial charge on any atom is -0.481 e. The van der Waals surface area contributed by atoms with E-state index < -0.39 is 29.9 Å². The number of hydrogen-bond acceptors (Lipinski definition) is 4. The first kappa shape index (κ1) is 16.5. The Morgan fingerprint density at radius 2 is 1.86 bits per heavy atom. The molecule has 0 fully saturated rings. The molecule has 0 heterocycles. The molecule has 1 aromatic carbocycles. The summed E-state index contributed by atoms with van der Waals surface area (Å²) in [6.07, 6.45) is 0. The zero-order valence-corrected chi connectivity index (χ0v) is 11.8. The van der Waals surface area contributed by atoms with Gasteiger partial charge in [0, 0.05) is 6.54 Å². The van der Waals surface area contributed by atoms with Gasteiger partial charge in [0.05, 0.1) is 13.0 Å². The Bertz CT molecular complexity index is 503. The molecule has 0 aliphatic carbocycles. The molecule has 7 heteroatoms. The van der Waals surface area contributed by atoms with Gasteiger partial charge in [-0.1, -0.05) is 37.3 Å². The molecule has 0 saturated heterocycles. The average Bonchev–Trinajstić information content (AvgIpc) is 2.50. The van der Waals surface area contributed by atoms with Crippen LogP contribution < -0.4 is 10.6 Å². The van der Waals surface area contributed by atoms with Gasteiger partial charge >= 0.3 is 18.0 Å². The molecule has 0 aromatic heterocycles. The number of carboxylic acids is 1. The van der Waals surface area contributed by atoms with Crippen LogP contribution in [0.5, 0.6) is 0 Å². The van der Waals surface area contributed by atoms with E-state index in [0.717, 1.165) is 0 Å². The Labute approximate surface area is 122 Å². The van der Waals surface area contributed by atoms with Crippen molar-refractivity contribution in [1.82, 2.24) is 10.6 Å². The van der Waals surface area contributed by atoms with Gasteiger partial charge in [-0.15, -0.1) is 0 Å². The Hall–Kier alpha value is -2.57. The molecule has 2 unspecified atom stereocenters. The van der Waals surface area contributed by atoms with Gasteiger partial charge in [0.25, 0.3) is 0 Å². The highest BCUT2D eigenvalue weighted by molar-refractivity contribution is 5.84. The fourth-order valence-corrected chi connectivity index (χ4v) is 1.56. The summed E-state index contributed by atoms with van der Waals surface area (Å²) in [4.78, 5) is 34.2. The standard InChI is InChI=1S/C14H18N2O5/c1-9(12(17)18)8-15-14(20)16-11(13(19)21-2)10-6-4-3-5-7-10/h3-7,9,11H,8H2,1-2H3,(H,17,18)(H2,15,16,20). The third-order valence-electron chi connectivity index (χ3n) is 2.84. The number of ether oxygens (including phenoxy) is 1.